The number of anilines is 1. The molecule has 2 N–H and O–H groups in total. The van der Waals surface area contributed by atoms with Crippen LogP contribution in [-0.2, 0) is 0 Å². The predicted molar refractivity (Wildman–Crippen MR) is 76.3 cm³/mol. The summed E-state index contributed by atoms with van der Waals surface area (Å²) in [4.78, 5) is 1.97. The van der Waals surface area contributed by atoms with Crippen LogP contribution < -0.4 is 15.4 Å². The highest BCUT2D eigenvalue weighted by Gasteiger charge is 2.08. The van der Waals surface area contributed by atoms with Gasteiger partial charge in [0.15, 0.2) is 5.82 Å². The van der Waals surface area contributed by atoms with Crippen molar-refractivity contribution in [1.82, 2.24) is 10.2 Å². The second-order valence-corrected chi connectivity index (χ2v) is 4.19. The molecule has 0 aliphatic carbocycles. The number of hydrogen-bond acceptors (Lipinski definition) is 5. The molecule has 0 aliphatic rings. The zero-order chi connectivity index (χ0) is 13.7. The third-order valence-corrected chi connectivity index (χ3v) is 2.89. The van der Waals surface area contributed by atoms with Gasteiger partial charge in [-0.1, -0.05) is 12.1 Å². The van der Waals surface area contributed by atoms with Crippen LogP contribution in [0.2, 0.25) is 0 Å². The van der Waals surface area contributed by atoms with Gasteiger partial charge in [0, 0.05) is 25.7 Å². The van der Waals surface area contributed by atoms with Gasteiger partial charge in [0.25, 0.3) is 0 Å². The van der Waals surface area contributed by atoms with Crippen molar-refractivity contribution in [3.63, 3.8) is 0 Å². The highest BCUT2D eigenvalue weighted by atomic mass is 16.5. The van der Waals surface area contributed by atoms with Crippen LogP contribution in [0.1, 0.15) is 0 Å². The second-order valence-electron chi connectivity index (χ2n) is 4.19. The largest absolute Gasteiger partial charge is 0.496 e. The quantitative estimate of drug-likeness (QED) is 0.881. The van der Waals surface area contributed by atoms with Gasteiger partial charge >= 0.3 is 0 Å². The maximum atomic E-state index is 5.52. The van der Waals surface area contributed by atoms with Crippen molar-refractivity contribution >= 4 is 5.82 Å². The van der Waals surface area contributed by atoms with E-state index in [1.807, 2.05) is 48.3 Å². The van der Waals surface area contributed by atoms with Crippen molar-refractivity contribution in [3.8, 4) is 17.0 Å². The summed E-state index contributed by atoms with van der Waals surface area (Å²) in [5.41, 5.74) is 7.25. The molecule has 0 atom stereocenters. The zero-order valence-electron chi connectivity index (χ0n) is 11.2. The Hall–Kier alpha value is -2.14. The summed E-state index contributed by atoms with van der Waals surface area (Å²) in [6.45, 7) is 1.34. The maximum Gasteiger partial charge on any atom is 0.151 e. The summed E-state index contributed by atoms with van der Waals surface area (Å²) < 4.78 is 5.32. The minimum Gasteiger partial charge on any atom is -0.496 e. The first kappa shape index (κ1) is 13.3. The smallest absolute Gasteiger partial charge is 0.151 e. The van der Waals surface area contributed by atoms with Crippen LogP contribution in [0.25, 0.3) is 11.3 Å². The lowest BCUT2D eigenvalue weighted by Crippen LogP contribution is -2.25. The summed E-state index contributed by atoms with van der Waals surface area (Å²) >= 11 is 0. The predicted octanol–water partition coefficient (Wildman–Crippen LogP) is 1.55. The number of para-hydroxylation sites is 1. The number of likely N-dealkylation sites (N-methyl/N-ethyl adjacent to an activating group) is 1. The molecule has 0 fully saturated rings. The van der Waals surface area contributed by atoms with Gasteiger partial charge in [-0.15, -0.1) is 10.2 Å². The number of rotatable bonds is 5. The zero-order valence-corrected chi connectivity index (χ0v) is 11.2. The van der Waals surface area contributed by atoms with Crippen molar-refractivity contribution < 1.29 is 4.74 Å². The molecule has 19 heavy (non-hydrogen) atoms. The minimum absolute atomic E-state index is 0.590. The van der Waals surface area contributed by atoms with Gasteiger partial charge in [0.05, 0.1) is 12.8 Å². The Labute approximate surface area is 113 Å². The summed E-state index contributed by atoms with van der Waals surface area (Å²) in [6.07, 6.45) is 0. The average Bonchev–Trinajstić information content (AvgIpc) is 2.47. The molecule has 2 rings (SSSR count). The highest BCUT2D eigenvalue weighted by Crippen LogP contribution is 2.27. The van der Waals surface area contributed by atoms with E-state index in [4.69, 9.17) is 10.5 Å². The molecule has 5 nitrogen and oxygen atoms in total. The number of hydrogen-bond donors (Lipinski definition) is 1. The van der Waals surface area contributed by atoms with E-state index in [2.05, 4.69) is 10.2 Å². The van der Waals surface area contributed by atoms with Crippen molar-refractivity contribution in [3.05, 3.63) is 36.4 Å². The fourth-order valence-electron chi connectivity index (χ4n) is 1.84. The molecule has 0 unspecified atom stereocenters. The first-order valence-electron chi connectivity index (χ1n) is 6.14. The Morgan fingerprint density at radius 3 is 2.58 bits per heavy atom. The number of benzene rings is 1. The Morgan fingerprint density at radius 1 is 1.16 bits per heavy atom. The number of ether oxygens (including phenoxy) is 1. The van der Waals surface area contributed by atoms with Crippen LogP contribution in [0.5, 0.6) is 5.75 Å². The lowest BCUT2D eigenvalue weighted by atomic mass is 10.1. The van der Waals surface area contributed by atoms with E-state index in [9.17, 15) is 0 Å². The molecule has 0 saturated heterocycles. The molecule has 0 amide bonds. The Bertz CT molecular complexity index is 527. The van der Waals surface area contributed by atoms with Crippen LogP contribution in [-0.4, -0.2) is 37.4 Å². The van der Waals surface area contributed by atoms with Crippen LogP contribution in [0, 0.1) is 0 Å². The first-order chi connectivity index (χ1) is 9.26. The van der Waals surface area contributed by atoms with E-state index in [0.29, 0.717) is 6.54 Å². The monoisotopic (exact) mass is 258 g/mol. The molecule has 100 valence electrons. The summed E-state index contributed by atoms with van der Waals surface area (Å²) in [7, 11) is 3.59. The lowest BCUT2D eigenvalue weighted by molar-refractivity contribution is 0.416. The Morgan fingerprint density at radius 2 is 1.95 bits per heavy atom. The van der Waals surface area contributed by atoms with Crippen LogP contribution >= 0.6 is 0 Å². The standard InChI is InChI=1S/C14H18N4O/c1-18(10-9-15)14-8-7-12(16-17-14)11-5-3-4-6-13(11)19-2/h3-8H,9-10,15H2,1-2H3. The first-order valence-corrected chi connectivity index (χ1v) is 6.14. The van der Waals surface area contributed by atoms with Gasteiger partial charge in [-0.05, 0) is 24.3 Å². The Kier molecular flexibility index (Phi) is 4.30. The molecule has 1 aromatic carbocycles. The van der Waals surface area contributed by atoms with E-state index in [1.54, 1.807) is 7.11 Å². The molecule has 1 heterocycles. The fraction of sp³-hybridized carbons (Fsp3) is 0.286. The van der Waals surface area contributed by atoms with Crippen molar-refractivity contribution in [2.75, 3.05) is 32.1 Å². The van der Waals surface area contributed by atoms with Gasteiger partial charge in [-0.2, -0.15) is 0 Å². The molecule has 2 aromatic rings. The third-order valence-electron chi connectivity index (χ3n) is 2.89. The third kappa shape index (κ3) is 3.00. The van der Waals surface area contributed by atoms with Crippen LogP contribution in [0.4, 0.5) is 5.82 Å². The van der Waals surface area contributed by atoms with Gasteiger partial charge in [-0.25, -0.2) is 0 Å². The van der Waals surface area contributed by atoms with E-state index in [0.717, 1.165) is 29.4 Å². The summed E-state index contributed by atoms with van der Waals surface area (Å²) in [6, 6.07) is 11.6. The normalized spacial score (nSPS) is 10.3. The van der Waals surface area contributed by atoms with Gasteiger partial charge in [0.1, 0.15) is 5.75 Å². The van der Waals surface area contributed by atoms with Crippen molar-refractivity contribution in [2.45, 2.75) is 0 Å². The van der Waals surface area contributed by atoms with E-state index >= 15 is 0 Å². The molecular weight excluding hydrogens is 240 g/mol. The molecule has 0 spiro atoms. The second kappa shape index (κ2) is 6.15. The fourth-order valence-corrected chi connectivity index (χ4v) is 1.84. The maximum absolute atomic E-state index is 5.52. The van der Waals surface area contributed by atoms with Crippen molar-refractivity contribution in [1.29, 1.82) is 0 Å². The van der Waals surface area contributed by atoms with Crippen molar-refractivity contribution in [2.24, 2.45) is 5.73 Å². The molecule has 0 saturated carbocycles. The molecule has 1 aromatic heterocycles. The molecule has 5 heteroatoms. The molecular formula is C14H18N4O. The number of methoxy groups -OCH3 is 1. The Balaban J connectivity index is 2.27. The van der Waals surface area contributed by atoms with Gasteiger partial charge in [0.2, 0.25) is 0 Å². The average molecular weight is 258 g/mol. The topological polar surface area (TPSA) is 64.3 Å². The van der Waals surface area contributed by atoms with E-state index < -0.39 is 0 Å². The van der Waals surface area contributed by atoms with Gasteiger partial charge in [-0.3, -0.25) is 0 Å². The summed E-state index contributed by atoms with van der Waals surface area (Å²) in [5.74, 6) is 1.60. The van der Waals surface area contributed by atoms with Gasteiger partial charge < -0.3 is 15.4 Å². The highest BCUT2D eigenvalue weighted by molar-refractivity contribution is 5.67. The van der Waals surface area contributed by atoms with E-state index in [1.165, 1.54) is 0 Å². The minimum atomic E-state index is 0.590. The molecule has 0 aliphatic heterocycles. The van der Waals surface area contributed by atoms with Crippen LogP contribution in [0.15, 0.2) is 36.4 Å². The summed E-state index contributed by atoms with van der Waals surface area (Å²) in [5, 5.41) is 8.46. The molecule has 0 radical (unpaired) electrons. The lowest BCUT2D eigenvalue weighted by Gasteiger charge is -2.16. The number of nitrogens with zero attached hydrogens (tertiary/aromatic N) is 3. The van der Waals surface area contributed by atoms with E-state index in [-0.39, 0.29) is 0 Å². The van der Waals surface area contributed by atoms with Crippen LogP contribution in [0.3, 0.4) is 0 Å². The molecule has 0 bridgehead atoms. The number of nitrogens with two attached hydrogens (primary N) is 1. The SMILES string of the molecule is COc1ccccc1-c1ccc(N(C)CCN)nn1. The number of aromatic nitrogens is 2.